The molecule has 0 aromatic heterocycles. The fraction of sp³-hybridized carbons (Fsp3) is 0.435. The fourth-order valence-electron chi connectivity index (χ4n) is 3.40. The molecule has 0 saturated heterocycles. The minimum atomic E-state index is -3.44. The average Bonchev–Trinajstić information content (AvgIpc) is 2.62. The van der Waals surface area contributed by atoms with E-state index in [2.05, 4.69) is 19.2 Å². The molecule has 0 aliphatic heterocycles. The van der Waals surface area contributed by atoms with Gasteiger partial charge in [0.05, 0.1) is 11.9 Å². The lowest BCUT2D eigenvalue weighted by atomic mass is 9.98. The molecular formula is C23H32N2O3S. The summed E-state index contributed by atoms with van der Waals surface area (Å²) in [6.07, 6.45) is 1.90. The average molecular weight is 417 g/mol. The Bertz CT molecular complexity index is 982. The highest BCUT2D eigenvalue weighted by atomic mass is 32.2. The lowest BCUT2D eigenvalue weighted by Crippen LogP contribution is -2.32. The summed E-state index contributed by atoms with van der Waals surface area (Å²) < 4.78 is 26.1. The number of carbonyl (C=O) groups is 1. The predicted molar refractivity (Wildman–Crippen MR) is 121 cm³/mol. The van der Waals surface area contributed by atoms with Gasteiger partial charge in [-0.2, -0.15) is 0 Å². The summed E-state index contributed by atoms with van der Waals surface area (Å²) in [5, 5.41) is 3.03. The summed E-state index contributed by atoms with van der Waals surface area (Å²) in [6.45, 7) is 10.3. The maximum absolute atomic E-state index is 12.5. The number of anilines is 2. The number of hydrogen-bond donors (Lipinski definition) is 1. The van der Waals surface area contributed by atoms with Gasteiger partial charge in [-0.1, -0.05) is 44.2 Å². The lowest BCUT2D eigenvalue weighted by Gasteiger charge is -2.25. The van der Waals surface area contributed by atoms with Crippen molar-refractivity contribution in [3.8, 4) is 0 Å². The number of hydrogen-bond acceptors (Lipinski definition) is 3. The molecule has 1 amide bonds. The number of para-hydroxylation sites is 1. The van der Waals surface area contributed by atoms with Crippen LogP contribution in [0.25, 0.3) is 0 Å². The van der Waals surface area contributed by atoms with Gasteiger partial charge in [0.1, 0.15) is 0 Å². The van der Waals surface area contributed by atoms with Gasteiger partial charge in [-0.3, -0.25) is 9.10 Å². The highest BCUT2D eigenvalue weighted by molar-refractivity contribution is 7.92. The number of sulfonamides is 1. The number of amides is 1. The van der Waals surface area contributed by atoms with Gasteiger partial charge in [0.2, 0.25) is 15.9 Å². The topological polar surface area (TPSA) is 66.5 Å². The van der Waals surface area contributed by atoms with Crippen LogP contribution in [0.3, 0.4) is 0 Å². The van der Waals surface area contributed by atoms with E-state index in [4.69, 9.17) is 0 Å². The van der Waals surface area contributed by atoms with Crippen molar-refractivity contribution in [2.75, 3.05) is 22.4 Å². The van der Waals surface area contributed by atoms with Crippen LogP contribution in [0.4, 0.5) is 11.4 Å². The van der Waals surface area contributed by atoms with Crippen molar-refractivity contribution in [1.29, 1.82) is 0 Å². The zero-order valence-electron chi connectivity index (χ0n) is 18.2. The summed E-state index contributed by atoms with van der Waals surface area (Å²) in [4.78, 5) is 12.5. The smallest absolute Gasteiger partial charge is 0.232 e. The van der Waals surface area contributed by atoms with E-state index in [9.17, 15) is 13.2 Å². The Kier molecular flexibility index (Phi) is 7.47. The first-order valence-electron chi connectivity index (χ1n) is 9.95. The molecule has 0 aliphatic rings. The second-order valence-corrected chi connectivity index (χ2v) is 9.81. The molecule has 0 saturated carbocycles. The van der Waals surface area contributed by atoms with E-state index >= 15 is 0 Å². The Balaban J connectivity index is 2.09. The highest BCUT2D eigenvalue weighted by Gasteiger charge is 2.20. The zero-order valence-corrected chi connectivity index (χ0v) is 19.1. The SMILES string of the molecule is Cc1cccc(N(CCCC(=O)Nc2c(C)cccc2C(C)C)S(C)(=O)=O)c1C. The van der Waals surface area contributed by atoms with E-state index in [1.807, 2.05) is 57.2 Å². The second-order valence-electron chi connectivity index (χ2n) is 7.90. The summed E-state index contributed by atoms with van der Waals surface area (Å²) in [5.74, 6) is 0.200. The molecule has 2 aromatic rings. The number of nitrogens with one attached hydrogen (secondary N) is 1. The molecule has 2 rings (SSSR count). The molecule has 29 heavy (non-hydrogen) atoms. The minimum absolute atomic E-state index is 0.101. The van der Waals surface area contributed by atoms with Crippen LogP contribution < -0.4 is 9.62 Å². The van der Waals surface area contributed by atoms with Crippen molar-refractivity contribution in [3.05, 3.63) is 58.7 Å². The van der Waals surface area contributed by atoms with Crippen LogP contribution in [0.2, 0.25) is 0 Å². The lowest BCUT2D eigenvalue weighted by molar-refractivity contribution is -0.116. The van der Waals surface area contributed by atoms with Gasteiger partial charge in [0.15, 0.2) is 0 Å². The van der Waals surface area contributed by atoms with Gasteiger partial charge in [-0.15, -0.1) is 0 Å². The molecule has 158 valence electrons. The van der Waals surface area contributed by atoms with E-state index < -0.39 is 10.0 Å². The van der Waals surface area contributed by atoms with Gasteiger partial charge in [-0.05, 0) is 61.4 Å². The van der Waals surface area contributed by atoms with Crippen LogP contribution in [0.15, 0.2) is 36.4 Å². The third kappa shape index (κ3) is 5.82. The van der Waals surface area contributed by atoms with Crippen LogP contribution in [0.1, 0.15) is 54.9 Å². The molecule has 0 bridgehead atoms. The molecule has 0 radical (unpaired) electrons. The Morgan fingerprint density at radius 3 is 2.28 bits per heavy atom. The van der Waals surface area contributed by atoms with Crippen LogP contribution in [-0.2, 0) is 14.8 Å². The van der Waals surface area contributed by atoms with Crippen molar-refractivity contribution >= 4 is 27.3 Å². The van der Waals surface area contributed by atoms with Crippen LogP contribution in [0.5, 0.6) is 0 Å². The van der Waals surface area contributed by atoms with Gasteiger partial charge < -0.3 is 5.32 Å². The number of aryl methyl sites for hydroxylation is 2. The van der Waals surface area contributed by atoms with Crippen molar-refractivity contribution in [1.82, 2.24) is 0 Å². The monoisotopic (exact) mass is 416 g/mol. The number of benzene rings is 2. The van der Waals surface area contributed by atoms with Crippen LogP contribution in [-0.4, -0.2) is 27.1 Å². The first-order chi connectivity index (χ1) is 13.5. The molecule has 0 fully saturated rings. The Labute approximate surface area is 175 Å². The predicted octanol–water partition coefficient (Wildman–Crippen LogP) is 4.92. The maximum atomic E-state index is 12.5. The van der Waals surface area contributed by atoms with Crippen molar-refractivity contribution in [2.45, 2.75) is 53.4 Å². The van der Waals surface area contributed by atoms with E-state index in [0.29, 0.717) is 18.0 Å². The maximum Gasteiger partial charge on any atom is 0.232 e. The van der Waals surface area contributed by atoms with E-state index in [1.165, 1.54) is 10.6 Å². The van der Waals surface area contributed by atoms with Gasteiger partial charge in [-0.25, -0.2) is 8.42 Å². The summed E-state index contributed by atoms with van der Waals surface area (Å²) >= 11 is 0. The number of carbonyl (C=O) groups excluding carboxylic acids is 1. The van der Waals surface area contributed by atoms with Crippen LogP contribution >= 0.6 is 0 Å². The third-order valence-corrected chi connectivity index (χ3v) is 6.38. The molecule has 2 aromatic carbocycles. The molecule has 0 spiro atoms. The normalized spacial score (nSPS) is 11.6. The molecule has 0 unspecified atom stereocenters. The Morgan fingerprint density at radius 1 is 1.03 bits per heavy atom. The number of rotatable bonds is 8. The van der Waals surface area contributed by atoms with Crippen molar-refractivity contribution in [2.24, 2.45) is 0 Å². The third-order valence-electron chi connectivity index (χ3n) is 5.20. The molecule has 6 heteroatoms. The minimum Gasteiger partial charge on any atom is -0.326 e. The molecule has 1 N–H and O–H groups in total. The first-order valence-corrected chi connectivity index (χ1v) is 11.8. The van der Waals surface area contributed by atoms with Gasteiger partial charge in [0, 0.05) is 18.7 Å². The second kappa shape index (κ2) is 9.44. The van der Waals surface area contributed by atoms with E-state index in [1.54, 1.807) is 0 Å². The van der Waals surface area contributed by atoms with Crippen molar-refractivity contribution in [3.63, 3.8) is 0 Å². The molecular weight excluding hydrogens is 384 g/mol. The van der Waals surface area contributed by atoms with Gasteiger partial charge in [0.25, 0.3) is 0 Å². The highest BCUT2D eigenvalue weighted by Crippen LogP contribution is 2.28. The molecule has 5 nitrogen and oxygen atoms in total. The summed E-state index contributed by atoms with van der Waals surface area (Å²) in [7, 11) is -3.44. The number of nitrogens with zero attached hydrogens (tertiary/aromatic N) is 1. The largest absolute Gasteiger partial charge is 0.326 e. The standard InChI is InChI=1S/C23H32N2O3S/c1-16(2)20-12-7-11-18(4)23(20)24-22(26)14-9-15-25(29(6,27)28)21-13-8-10-17(3)19(21)5/h7-8,10-13,16H,9,14-15H2,1-6H3,(H,24,26). The Morgan fingerprint density at radius 2 is 1.66 bits per heavy atom. The summed E-state index contributed by atoms with van der Waals surface area (Å²) in [6, 6.07) is 11.6. The quantitative estimate of drug-likeness (QED) is 0.664. The molecule has 0 atom stereocenters. The van der Waals surface area contributed by atoms with Gasteiger partial charge >= 0.3 is 0 Å². The van der Waals surface area contributed by atoms with E-state index in [0.717, 1.165) is 27.9 Å². The Hall–Kier alpha value is -2.34. The van der Waals surface area contributed by atoms with Crippen LogP contribution in [0, 0.1) is 20.8 Å². The summed E-state index contributed by atoms with van der Waals surface area (Å²) in [5.41, 5.74) is 5.64. The van der Waals surface area contributed by atoms with E-state index in [-0.39, 0.29) is 18.9 Å². The zero-order chi connectivity index (χ0) is 21.8. The molecule has 0 heterocycles. The fourth-order valence-corrected chi connectivity index (χ4v) is 4.41. The molecule has 0 aliphatic carbocycles. The van der Waals surface area contributed by atoms with Crippen molar-refractivity contribution < 1.29 is 13.2 Å². The first kappa shape index (κ1) is 22.9.